The minimum absolute atomic E-state index is 0.0287. The standard InChI is InChI=1S/C16H22N2O2/c1-11-10-17-14-9-13(5-6-15(14)20-11)16(19)12(2)18-7-3-4-8-18/h5-6,9,11-12,17H,3-4,7-8,10H2,1-2H3. The first-order valence-corrected chi connectivity index (χ1v) is 7.48. The van der Waals surface area contributed by atoms with Crippen LogP contribution in [-0.4, -0.2) is 42.5 Å². The van der Waals surface area contributed by atoms with E-state index in [0.29, 0.717) is 0 Å². The van der Waals surface area contributed by atoms with Gasteiger partial charge in [-0.25, -0.2) is 0 Å². The summed E-state index contributed by atoms with van der Waals surface area (Å²) in [6.45, 7) is 6.91. The van der Waals surface area contributed by atoms with Crippen molar-refractivity contribution in [1.29, 1.82) is 0 Å². The SMILES string of the molecule is CC1CNc2cc(C(=O)C(C)N3CCCC3)ccc2O1. The van der Waals surface area contributed by atoms with Gasteiger partial charge in [0.15, 0.2) is 5.78 Å². The number of Topliss-reactive ketones (excluding diaryl/α,β-unsaturated/α-hetero) is 1. The van der Waals surface area contributed by atoms with E-state index in [2.05, 4.69) is 10.2 Å². The van der Waals surface area contributed by atoms with Crippen molar-refractivity contribution >= 4 is 11.5 Å². The van der Waals surface area contributed by atoms with E-state index < -0.39 is 0 Å². The molecule has 0 saturated carbocycles. The van der Waals surface area contributed by atoms with Crippen molar-refractivity contribution in [1.82, 2.24) is 4.90 Å². The van der Waals surface area contributed by atoms with Crippen LogP contribution in [0.4, 0.5) is 5.69 Å². The highest BCUT2D eigenvalue weighted by molar-refractivity contribution is 6.01. The summed E-state index contributed by atoms with van der Waals surface area (Å²) in [5, 5.41) is 3.33. The average Bonchev–Trinajstić information content (AvgIpc) is 2.99. The number of hydrogen-bond donors (Lipinski definition) is 1. The molecule has 1 saturated heterocycles. The van der Waals surface area contributed by atoms with Crippen LogP contribution >= 0.6 is 0 Å². The van der Waals surface area contributed by atoms with Crippen LogP contribution in [0.5, 0.6) is 5.75 Å². The number of anilines is 1. The van der Waals surface area contributed by atoms with Crippen LogP contribution in [-0.2, 0) is 0 Å². The van der Waals surface area contributed by atoms with Gasteiger partial charge in [-0.3, -0.25) is 9.69 Å². The second-order valence-corrected chi connectivity index (χ2v) is 5.80. The van der Waals surface area contributed by atoms with Gasteiger partial charge in [-0.05, 0) is 58.0 Å². The highest BCUT2D eigenvalue weighted by Crippen LogP contribution is 2.30. The molecule has 4 heteroatoms. The fourth-order valence-corrected chi connectivity index (χ4v) is 2.97. The number of carbonyl (C=O) groups is 1. The number of carbonyl (C=O) groups excluding carboxylic acids is 1. The summed E-state index contributed by atoms with van der Waals surface area (Å²) < 4.78 is 5.74. The number of ketones is 1. The van der Waals surface area contributed by atoms with Crippen molar-refractivity contribution in [3.05, 3.63) is 23.8 Å². The Balaban J connectivity index is 1.78. The first-order chi connectivity index (χ1) is 9.65. The van der Waals surface area contributed by atoms with E-state index in [1.54, 1.807) is 0 Å². The summed E-state index contributed by atoms with van der Waals surface area (Å²) in [7, 11) is 0. The van der Waals surface area contributed by atoms with Crippen LogP contribution in [0.3, 0.4) is 0 Å². The number of likely N-dealkylation sites (tertiary alicyclic amines) is 1. The Kier molecular flexibility index (Phi) is 3.66. The third kappa shape index (κ3) is 2.52. The lowest BCUT2D eigenvalue weighted by Gasteiger charge is -2.26. The molecule has 4 nitrogen and oxygen atoms in total. The second-order valence-electron chi connectivity index (χ2n) is 5.80. The molecule has 1 aromatic rings. The molecule has 1 N–H and O–H groups in total. The van der Waals surface area contributed by atoms with Gasteiger partial charge < -0.3 is 10.1 Å². The van der Waals surface area contributed by atoms with Gasteiger partial charge in [0, 0.05) is 5.56 Å². The molecule has 2 aliphatic rings. The van der Waals surface area contributed by atoms with E-state index in [-0.39, 0.29) is 17.9 Å². The van der Waals surface area contributed by atoms with E-state index >= 15 is 0 Å². The highest BCUT2D eigenvalue weighted by atomic mass is 16.5. The molecular weight excluding hydrogens is 252 g/mol. The molecule has 0 spiro atoms. The van der Waals surface area contributed by atoms with Crippen molar-refractivity contribution in [3.8, 4) is 5.75 Å². The van der Waals surface area contributed by atoms with Gasteiger partial charge >= 0.3 is 0 Å². The molecule has 1 aromatic carbocycles. The van der Waals surface area contributed by atoms with Crippen LogP contribution in [0.15, 0.2) is 18.2 Å². The Hall–Kier alpha value is -1.55. The van der Waals surface area contributed by atoms with E-state index in [0.717, 1.165) is 36.6 Å². The van der Waals surface area contributed by atoms with Crippen LogP contribution < -0.4 is 10.1 Å². The quantitative estimate of drug-likeness (QED) is 0.860. The van der Waals surface area contributed by atoms with Gasteiger partial charge in [-0.15, -0.1) is 0 Å². The third-order valence-electron chi connectivity index (χ3n) is 4.24. The van der Waals surface area contributed by atoms with Crippen LogP contribution in [0.2, 0.25) is 0 Å². The fraction of sp³-hybridized carbons (Fsp3) is 0.562. The predicted octanol–water partition coefficient (Wildman–Crippen LogP) is 2.55. The van der Waals surface area contributed by atoms with Crippen LogP contribution in [0, 0.1) is 0 Å². The van der Waals surface area contributed by atoms with Gasteiger partial charge in [-0.2, -0.15) is 0 Å². The summed E-state index contributed by atoms with van der Waals surface area (Å²) >= 11 is 0. The first-order valence-electron chi connectivity index (χ1n) is 7.48. The number of hydrogen-bond acceptors (Lipinski definition) is 4. The molecule has 0 bridgehead atoms. The zero-order valence-electron chi connectivity index (χ0n) is 12.2. The molecular formula is C16H22N2O2. The lowest BCUT2D eigenvalue weighted by molar-refractivity contribution is 0.0867. The number of nitrogens with zero attached hydrogens (tertiary/aromatic N) is 1. The van der Waals surface area contributed by atoms with Gasteiger partial charge in [0.2, 0.25) is 0 Å². The molecule has 3 rings (SSSR count). The molecule has 2 unspecified atom stereocenters. The first kappa shape index (κ1) is 13.4. The zero-order valence-corrected chi connectivity index (χ0v) is 12.2. The molecule has 2 atom stereocenters. The summed E-state index contributed by atoms with van der Waals surface area (Å²) in [6.07, 6.45) is 2.58. The van der Waals surface area contributed by atoms with Crippen molar-refractivity contribution in [2.45, 2.75) is 38.8 Å². The largest absolute Gasteiger partial charge is 0.487 e. The van der Waals surface area contributed by atoms with Gasteiger partial charge in [-0.1, -0.05) is 0 Å². The van der Waals surface area contributed by atoms with Gasteiger partial charge in [0.25, 0.3) is 0 Å². The Labute approximate surface area is 120 Å². The van der Waals surface area contributed by atoms with Crippen molar-refractivity contribution in [2.75, 3.05) is 25.0 Å². The molecule has 1 fully saturated rings. The van der Waals surface area contributed by atoms with Crippen molar-refractivity contribution in [3.63, 3.8) is 0 Å². The number of benzene rings is 1. The van der Waals surface area contributed by atoms with Crippen molar-refractivity contribution < 1.29 is 9.53 Å². The van der Waals surface area contributed by atoms with E-state index in [9.17, 15) is 4.79 Å². The lowest BCUT2D eigenvalue weighted by atomic mass is 10.0. The summed E-state index contributed by atoms with van der Waals surface area (Å²) in [5.41, 5.74) is 1.70. The minimum Gasteiger partial charge on any atom is -0.487 e. The zero-order chi connectivity index (χ0) is 14.1. The van der Waals surface area contributed by atoms with E-state index in [1.165, 1.54) is 12.8 Å². The second kappa shape index (κ2) is 5.44. The van der Waals surface area contributed by atoms with E-state index in [4.69, 9.17) is 4.74 Å². The summed E-state index contributed by atoms with van der Waals surface area (Å²) in [4.78, 5) is 14.8. The Morgan fingerprint density at radius 3 is 2.90 bits per heavy atom. The minimum atomic E-state index is -0.0287. The highest BCUT2D eigenvalue weighted by Gasteiger charge is 2.26. The molecule has 20 heavy (non-hydrogen) atoms. The number of nitrogens with one attached hydrogen (secondary N) is 1. The molecule has 2 heterocycles. The normalized spacial score (nSPS) is 23.6. The maximum absolute atomic E-state index is 12.6. The molecule has 0 radical (unpaired) electrons. The topological polar surface area (TPSA) is 41.6 Å². The molecule has 108 valence electrons. The van der Waals surface area contributed by atoms with Gasteiger partial charge in [0.1, 0.15) is 11.9 Å². The van der Waals surface area contributed by atoms with Gasteiger partial charge in [0.05, 0.1) is 18.3 Å². The third-order valence-corrected chi connectivity index (χ3v) is 4.24. The number of rotatable bonds is 3. The molecule has 0 aromatic heterocycles. The lowest BCUT2D eigenvalue weighted by Crippen LogP contribution is -2.37. The number of ether oxygens (including phenoxy) is 1. The maximum Gasteiger partial charge on any atom is 0.179 e. The van der Waals surface area contributed by atoms with Crippen LogP contribution in [0.1, 0.15) is 37.0 Å². The van der Waals surface area contributed by atoms with Crippen molar-refractivity contribution in [2.24, 2.45) is 0 Å². The summed E-state index contributed by atoms with van der Waals surface area (Å²) in [6, 6.07) is 5.69. The monoisotopic (exact) mass is 274 g/mol. The Morgan fingerprint density at radius 1 is 1.40 bits per heavy atom. The van der Waals surface area contributed by atoms with Crippen LogP contribution in [0.25, 0.3) is 0 Å². The maximum atomic E-state index is 12.6. The fourth-order valence-electron chi connectivity index (χ4n) is 2.97. The Bertz CT molecular complexity index is 509. The Morgan fingerprint density at radius 2 is 2.15 bits per heavy atom. The van der Waals surface area contributed by atoms with E-state index in [1.807, 2.05) is 32.0 Å². The molecule has 2 aliphatic heterocycles. The summed E-state index contributed by atoms with van der Waals surface area (Å²) in [5.74, 6) is 1.05. The average molecular weight is 274 g/mol. The molecule has 0 amide bonds. The smallest absolute Gasteiger partial charge is 0.179 e. The number of fused-ring (bicyclic) bond motifs is 1. The predicted molar refractivity (Wildman–Crippen MR) is 79.6 cm³/mol. The molecule has 0 aliphatic carbocycles.